The van der Waals surface area contributed by atoms with Crippen LogP contribution in [0, 0.1) is 5.82 Å². The summed E-state index contributed by atoms with van der Waals surface area (Å²) in [6.45, 7) is -0.520. The molecule has 0 aliphatic heterocycles. The Hall–Kier alpha value is -3.22. The van der Waals surface area contributed by atoms with Crippen molar-refractivity contribution < 1.29 is 28.2 Å². The maximum absolute atomic E-state index is 13.0. The highest BCUT2D eigenvalue weighted by atomic mass is 19.1. The lowest BCUT2D eigenvalue weighted by Crippen LogP contribution is -2.21. The van der Waals surface area contributed by atoms with E-state index in [9.17, 15) is 18.8 Å². The third-order valence-corrected chi connectivity index (χ3v) is 2.98. The van der Waals surface area contributed by atoms with Gasteiger partial charge in [0.15, 0.2) is 6.61 Å². The molecule has 0 bridgehead atoms. The number of esters is 2. The molecule has 1 N–H and O–H groups in total. The molecule has 2 aromatic carbocycles. The van der Waals surface area contributed by atoms with Gasteiger partial charge in [-0.25, -0.2) is 14.0 Å². The van der Waals surface area contributed by atoms with Crippen LogP contribution < -0.4 is 5.32 Å². The number of methoxy groups -OCH3 is 1. The highest BCUT2D eigenvalue weighted by Gasteiger charge is 2.12. The van der Waals surface area contributed by atoms with Gasteiger partial charge in [0.1, 0.15) is 5.82 Å². The molecule has 0 radical (unpaired) electrons. The smallest absolute Gasteiger partial charge is 0.338 e. The van der Waals surface area contributed by atoms with Crippen molar-refractivity contribution in [1.29, 1.82) is 0 Å². The number of carbonyl (C=O) groups is 3. The van der Waals surface area contributed by atoms with Crippen molar-refractivity contribution in [2.75, 3.05) is 19.0 Å². The van der Waals surface area contributed by atoms with E-state index in [1.54, 1.807) is 0 Å². The van der Waals surface area contributed by atoms with Gasteiger partial charge in [0.2, 0.25) is 0 Å². The van der Waals surface area contributed by atoms with Crippen molar-refractivity contribution >= 4 is 23.5 Å². The van der Waals surface area contributed by atoms with Crippen LogP contribution in [0.3, 0.4) is 0 Å². The Morgan fingerprint density at radius 1 is 1.00 bits per heavy atom. The summed E-state index contributed by atoms with van der Waals surface area (Å²) in [7, 11) is 1.25. The molecule has 0 atom stereocenters. The van der Waals surface area contributed by atoms with E-state index in [4.69, 9.17) is 4.74 Å². The normalized spacial score (nSPS) is 9.92. The third kappa shape index (κ3) is 4.64. The van der Waals surface area contributed by atoms with Gasteiger partial charge in [-0.3, -0.25) is 4.79 Å². The fourth-order valence-corrected chi connectivity index (χ4v) is 1.84. The van der Waals surface area contributed by atoms with Crippen LogP contribution in [0.4, 0.5) is 10.1 Å². The summed E-state index contributed by atoms with van der Waals surface area (Å²) < 4.78 is 22.4. The van der Waals surface area contributed by atoms with Crippen molar-refractivity contribution in [3.8, 4) is 0 Å². The summed E-state index contributed by atoms with van der Waals surface area (Å²) in [6.07, 6.45) is 0. The molecule has 0 aliphatic carbocycles. The molecule has 0 fully saturated rings. The van der Waals surface area contributed by atoms with Crippen LogP contribution >= 0.6 is 0 Å². The van der Waals surface area contributed by atoms with Crippen molar-refractivity contribution in [3.05, 3.63) is 65.5 Å². The Balaban J connectivity index is 1.88. The van der Waals surface area contributed by atoms with E-state index in [2.05, 4.69) is 10.1 Å². The molecule has 6 nitrogen and oxygen atoms in total. The Bertz CT molecular complexity index is 758. The molecule has 0 spiro atoms. The lowest BCUT2D eigenvalue weighted by molar-refractivity contribution is -0.119. The molecular weight excluding hydrogens is 317 g/mol. The van der Waals surface area contributed by atoms with Gasteiger partial charge in [0.25, 0.3) is 5.91 Å². The molecule has 0 unspecified atom stereocenters. The maximum Gasteiger partial charge on any atom is 0.338 e. The molecule has 7 heteroatoms. The predicted molar refractivity (Wildman–Crippen MR) is 83.1 cm³/mol. The second-order valence-corrected chi connectivity index (χ2v) is 4.70. The van der Waals surface area contributed by atoms with E-state index >= 15 is 0 Å². The molecule has 2 rings (SSSR count). The van der Waals surface area contributed by atoms with Gasteiger partial charge in [0.05, 0.1) is 18.2 Å². The highest BCUT2D eigenvalue weighted by Crippen LogP contribution is 2.10. The Kier molecular flexibility index (Phi) is 5.62. The predicted octanol–water partition coefficient (Wildman–Crippen LogP) is 2.41. The van der Waals surface area contributed by atoms with E-state index in [0.29, 0.717) is 0 Å². The fraction of sp³-hybridized carbons (Fsp3) is 0.118. The van der Waals surface area contributed by atoms with E-state index in [1.807, 2.05) is 0 Å². The second kappa shape index (κ2) is 7.87. The number of benzene rings is 2. The third-order valence-electron chi connectivity index (χ3n) is 2.98. The van der Waals surface area contributed by atoms with Gasteiger partial charge < -0.3 is 14.8 Å². The summed E-state index contributed by atoms with van der Waals surface area (Å²) in [6, 6.07) is 10.9. The van der Waals surface area contributed by atoms with Crippen LogP contribution in [-0.4, -0.2) is 31.6 Å². The topological polar surface area (TPSA) is 81.7 Å². The number of carbonyl (C=O) groups excluding carboxylic acids is 3. The number of rotatable bonds is 5. The number of amides is 1. The van der Waals surface area contributed by atoms with Crippen LogP contribution in [0.25, 0.3) is 0 Å². The Morgan fingerprint density at radius 2 is 1.62 bits per heavy atom. The average Bonchev–Trinajstić information content (AvgIpc) is 2.59. The maximum atomic E-state index is 13.0. The zero-order chi connectivity index (χ0) is 17.5. The Morgan fingerprint density at radius 3 is 2.21 bits per heavy atom. The molecule has 0 saturated carbocycles. The van der Waals surface area contributed by atoms with Gasteiger partial charge in [-0.1, -0.05) is 6.07 Å². The molecule has 0 aromatic heterocycles. The summed E-state index contributed by atoms with van der Waals surface area (Å²) in [5, 5.41) is 2.40. The first-order valence-electron chi connectivity index (χ1n) is 6.90. The minimum absolute atomic E-state index is 0.182. The van der Waals surface area contributed by atoms with Crippen molar-refractivity contribution in [2.45, 2.75) is 0 Å². The van der Waals surface area contributed by atoms with Crippen molar-refractivity contribution in [3.63, 3.8) is 0 Å². The monoisotopic (exact) mass is 331 g/mol. The van der Waals surface area contributed by atoms with Gasteiger partial charge in [0, 0.05) is 5.69 Å². The highest BCUT2D eigenvalue weighted by molar-refractivity contribution is 5.96. The van der Waals surface area contributed by atoms with Crippen LogP contribution in [-0.2, 0) is 14.3 Å². The molecule has 0 aliphatic rings. The number of anilines is 1. The lowest BCUT2D eigenvalue weighted by atomic mass is 10.1. The number of hydrogen-bond donors (Lipinski definition) is 1. The molecule has 1 amide bonds. The van der Waals surface area contributed by atoms with Crippen molar-refractivity contribution in [1.82, 2.24) is 0 Å². The molecule has 2 aromatic rings. The zero-order valence-electron chi connectivity index (χ0n) is 12.7. The average molecular weight is 331 g/mol. The van der Waals surface area contributed by atoms with E-state index in [0.717, 1.165) is 6.07 Å². The SMILES string of the molecule is COC(=O)c1ccc(C(=O)OCC(=O)Nc2cccc(F)c2)cc1. The Labute approximate surface area is 137 Å². The minimum Gasteiger partial charge on any atom is -0.465 e. The van der Waals surface area contributed by atoms with Gasteiger partial charge in [-0.2, -0.15) is 0 Å². The van der Waals surface area contributed by atoms with Crippen LogP contribution in [0.5, 0.6) is 0 Å². The first kappa shape index (κ1) is 17.1. The fourth-order valence-electron chi connectivity index (χ4n) is 1.84. The minimum atomic E-state index is -0.721. The molecular formula is C17H14FNO5. The lowest BCUT2D eigenvalue weighted by Gasteiger charge is -2.07. The van der Waals surface area contributed by atoms with E-state index in [1.165, 1.54) is 49.6 Å². The summed E-state index contributed by atoms with van der Waals surface area (Å²) in [5.74, 6) is -2.33. The summed E-state index contributed by atoms with van der Waals surface area (Å²) in [5.41, 5.74) is 0.734. The van der Waals surface area contributed by atoms with E-state index in [-0.39, 0.29) is 16.8 Å². The second-order valence-electron chi connectivity index (χ2n) is 4.70. The molecule has 0 saturated heterocycles. The number of ether oxygens (including phenoxy) is 2. The largest absolute Gasteiger partial charge is 0.465 e. The number of hydrogen-bond acceptors (Lipinski definition) is 5. The first-order chi connectivity index (χ1) is 11.5. The first-order valence-corrected chi connectivity index (χ1v) is 6.90. The summed E-state index contributed by atoms with van der Waals surface area (Å²) in [4.78, 5) is 34.8. The van der Waals surface area contributed by atoms with Gasteiger partial charge in [-0.15, -0.1) is 0 Å². The quantitative estimate of drug-likeness (QED) is 0.851. The molecule has 24 heavy (non-hydrogen) atoms. The standard InChI is InChI=1S/C17H14FNO5/c1-23-16(21)11-5-7-12(8-6-11)17(22)24-10-15(20)19-14-4-2-3-13(18)9-14/h2-9H,10H2,1H3,(H,19,20). The van der Waals surface area contributed by atoms with Gasteiger partial charge in [-0.05, 0) is 42.5 Å². The summed E-state index contributed by atoms with van der Waals surface area (Å²) >= 11 is 0. The zero-order valence-corrected chi connectivity index (χ0v) is 12.7. The van der Waals surface area contributed by atoms with Crippen LogP contribution in [0.1, 0.15) is 20.7 Å². The van der Waals surface area contributed by atoms with Crippen molar-refractivity contribution in [2.24, 2.45) is 0 Å². The number of nitrogens with one attached hydrogen (secondary N) is 1. The van der Waals surface area contributed by atoms with Crippen LogP contribution in [0.2, 0.25) is 0 Å². The molecule has 124 valence electrons. The van der Waals surface area contributed by atoms with Crippen LogP contribution in [0.15, 0.2) is 48.5 Å². The van der Waals surface area contributed by atoms with Gasteiger partial charge >= 0.3 is 11.9 Å². The molecule has 0 heterocycles. The number of halogens is 1. The van der Waals surface area contributed by atoms with E-state index < -0.39 is 30.3 Å².